The Kier molecular flexibility index (Phi) is 3.57. The third kappa shape index (κ3) is 2.59. The summed E-state index contributed by atoms with van der Waals surface area (Å²) in [5.74, 6) is 0.0750. The molecule has 1 aliphatic rings. The fourth-order valence-electron chi connectivity index (χ4n) is 2.74. The number of nitrogens with zero attached hydrogens (tertiary/aromatic N) is 1. The Morgan fingerprint density at radius 1 is 1.10 bits per heavy atom. The molecule has 0 aliphatic carbocycles. The number of carbonyl (C=O) groups is 2. The topological polar surface area (TPSA) is 37.4 Å². The molecule has 3 nitrogen and oxygen atoms in total. The Hall–Kier alpha value is -2.42. The lowest BCUT2D eigenvalue weighted by Gasteiger charge is -2.22. The summed E-state index contributed by atoms with van der Waals surface area (Å²) in [6.07, 6.45) is 1.19. The number of hydrogen-bond acceptors (Lipinski definition) is 2. The van der Waals surface area contributed by atoms with E-state index >= 15 is 0 Å². The Labute approximate surface area is 124 Å². The van der Waals surface area contributed by atoms with Gasteiger partial charge in [-0.3, -0.25) is 9.59 Å². The minimum absolute atomic E-state index is 0.0409. The number of anilines is 1. The largest absolute Gasteiger partial charge is 0.308 e. The molecule has 0 unspecified atom stereocenters. The molecule has 3 heteroatoms. The number of rotatable bonds is 1. The van der Waals surface area contributed by atoms with Crippen LogP contribution in [0.15, 0.2) is 48.5 Å². The second-order valence-corrected chi connectivity index (χ2v) is 5.37. The van der Waals surface area contributed by atoms with Crippen LogP contribution in [-0.2, 0) is 0 Å². The fraction of sp³-hybridized carbons (Fsp3) is 0.222. The number of amides is 1. The highest BCUT2D eigenvalue weighted by molar-refractivity contribution is 6.11. The van der Waals surface area contributed by atoms with Crippen LogP contribution in [0.4, 0.5) is 5.69 Å². The molecule has 2 aromatic rings. The van der Waals surface area contributed by atoms with Crippen LogP contribution in [0.5, 0.6) is 0 Å². The normalized spacial score (nSPS) is 14.5. The van der Waals surface area contributed by atoms with Crippen molar-refractivity contribution < 1.29 is 9.59 Å². The van der Waals surface area contributed by atoms with Crippen molar-refractivity contribution in [3.63, 3.8) is 0 Å². The summed E-state index contributed by atoms with van der Waals surface area (Å²) < 4.78 is 0. The van der Waals surface area contributed by atoms with E-state index in [0.29, 0.717) is 30.5 Å². The summed E-state index contributed by atoms with van der Waals surface area (Å²) in [7, 11) is 0. The maximum atomic E-state index is 12.8. The number of ketones is 1. The number of benzene rings is 2. The highest BCUT2D eigenvalue weighted by Gasteiger charge is 2.25. The van der Waals surface area contributed by atoms with Gasteiger partial charge >= 0.3 is 0 Å². The molecule has 1 amide bonds. The molecule has 0 N–H and O–H groups in total. The molecule has 1 aliphatic heterocycles. The molecule has 0 saturated heterocycles. The zero-order chi connectivity index (χ0) is 14.8. The van der Waals surface area contributed by atoms with E-state index in [1.54, 1.807) is 11.0 Å². The van der Waals surface area contributed by atoms with Gasteiger partial charge in [0.2, 0.25) is 0 Å². The first kappa shape index (κ1) is 13.6. The van der Waals surface area contributed by atoms with Crippen LogP contribution >= 0.6 is 0 Å². The van der Waals surface area contributed by atoms with Gasteiger partial charge in [-0.1, -0.05) is 29.8 Å². The third-order valence-corrected chi connectivity index (χ3v) is 3.79. The second-order valence-electron chi connectivity index (χ2n) is 5.37. The van der Waals surface area contributed by atoms with Gasteiger partial charge in [0.1, 0.15) is 0 Å². The third-order valence-electron chi connectivity index (χ3n) is 3.79. The van der Waals surface area contributed by atoms with Crippen LogP contribution in [0.2, 0.25) is 0 Å². The first-order valence-corrected chi connectivity index (χ1v) is 7.17. The van der Waals surface area contributed by atoms with Crippen molar-refractivity contribution in [1.29, 1.82) is 0 Å². The van der Waals surface area contributed by atoms with Crippen LogP contribution in [0.3, 0.4) is 0 Å². The van der Waals surface area contributed by atoms with Gasteiger partial charge in [0.25, 0.3) is 5.91 Å². The van der Waals surface area contributed by atoms with Gasteiger partial charge in [0.05, 0.1) is 5.69 Å². The van der Waals surface area contributed by atoms with Gasteiger partial charge in [-0.15, -0.1) is 0 Å². The predicted molar refractivity (Wildman–Crippen MR) is 82.9 cm³/mol. The molecule has 3 rings (SSSR count). The Bertz CT molecular complexity index is 706. The molecule has 0 bridgehead atoms. The molecule has 0 fully saturated rings. The molecule has 0 radical (unpaired) electrons. The van der Waals surface area contributed by atoms with E-state index < -0.39 is 0 Å². The van der Waals surface area contributed by atoms with Gasteiger partial charge in [0, 0.05) is 24.1 Å². The monoisotopic (exact) mass is 279 g/mol. The van der Waals surface area contributed by atoms with Crippen LogP contribution < -0.4 is 4.90 Å². The molecular formula is C18H17NO2. The van der Waals surface area contributed by atoms with Crippen molar-refractivity contribution in [3.8, 4) is 0 Å². The van der Waals surface area contributed by atoms with Crippen molar-refractivity contribution in [3.05, 3.63) is 65.2 Å². The Morgan fingerprint density at radius 3 is 2.71 bits per heavy atom. The van der Waals surface area contributed by atoms with E-state index in [4.69, 9.17) is 0 Å². The fourth-order valence-corrected chi connectivity index (χ4v) is 2.74. The quantitative estimate of drug-likeness (QED) is 0.799. The number of hydrogen-bond donors (Lipinski definition) is 0. The summed E-state index contributed by atoms with van der Waals surface area (Å²) in [4.78, 5) is 26.6. The van der Waals surface area contributed by atoms with E-state index in [1.165, 1.54) is 0 Å². The van der Waals surface area contributed by atoms with Crippen molar-refractivity contribution >= 4 is 17.4 Å². The van der Waals surface area contributed by atoms with Crippen LogP contribution in [-0.4, -0.2) is 18.2 Å². The van der Waals surface area contributed by atoms with Gasteiger partial charge in [-0.05, 0) is 37.6 Å². The maximum absolute atomic E-state index is 12.8. The molecule has 21 heavy (non-hydrogen) atoms. The molecule has 0 spiro atoms. The molecule has 0 atom stereocenters. The summed E-state index contributed by atoms with van der Waals surface area (Å²) in [5.41, 5.74) is 3.10. The van der Waals surface area contributed by atoms with Crippen molar-refractivity contribution in [2.45, 2.75) is 19.8 Å². The second kappa shape index (κ2) is 5.52. The standard InChI is InChI=1S/C18H17NO2/c1-13-6-4-7-14(12-13)18(21)19-11-5-10-17(20)15-8-2-3-9-16(15)19/h2-4,6-9,12H,5,10-11H2,1H3. The average molecular weight is 279 g/mol. The van der Waals surface area contributed by atoms with Crippen molar-refractivity contribution in [1.82, 2.24) is 0 Å². The number of Topliss-reactive ketones (excluding diaryl/α,β-unsaturated/α-hetero) is 1. The lowest BCUT2D eigenvalue weighted by atomic mass is 10.1. The average Bonchev–Trinajstić information content (AvgIpc) is 2.66. The van der Waals surface area contributed by atoms with E-state index in [9.17, 15) is 9.59 Å². The lowest BCUT2D eigenvalue weighted by molar-refractivity contribution is 0.0973. The first-order chi connectivity index (χ1) is 10.2. The molecule has 2 aromatic carbocycles. The van der Waals surface area contributed by atoms with E-state index in [1.807, 2.05) is 49.4 Å². The first-order valence-electron chi connectivity index (χ1n) is 7.17. The summed E-state index contributed by atoms with van der Waals surface area (Å²) in [6, 6.07) is 14.9. The smallest absolute Gasteiger partial charge is 0.258 e. The number of fused-ring (bicyclic) bond motifs is 1. The number of carbonyl (C=O) groups excluding carboxylic acids is 2. The van der Waals surface area contributed by atoms with Crippen LogP contribution in [0, 0.1) is 6.92 Å². The van der Waals surface area contributed by atoms with E-state index in [2.05, 4.69) is 0 Å². The molecule has 0 aromatic heterocycles. The molecule has 0 saturated carbocycles. The summed E-state index contributed by atoms with van der Waals surface area (Å²) in [5, 5.41) is 0. The van der Waals surface area contributed by atoms with Crippen LogP contribution in [0.1, 0.15) is 39.1 Å². The number of para-hydroxylation sites is 1. The zero-order valence-electron chi connectivity index (χ0n) is 12.0. The predicted octanol–water partition coefficient (Wildman–Crippen LogP) is 3.62. The SMILES string of the molecule is Cc1cccc(C(=O)N2CCCC(=O)c3ccccc32)c1. The molecule has 1 heterocycles. The lowest BCUT2D eigenvalue weighted by Crippen LogP contribution is -2.31. The van der Waals surface area contributed by atoms with Crippen LogP contribution in [0.25, 0.3) is 0 Å². The minimum atomic E-state index is -0.0409. The summed E-state index contributed by atoms with van der Waals surface area (Å²) in [6.45, 7) is 2.55. The molecular weight excluding hydrogens is 262 g/mol. The van der Waals surface area contributed by atoms with Gasteiger partial charge in [-0.25, -0.2) is 0 Å². The highest BCUT2D eigenvalue weighted by atomic mass is 16.2. The maximum Gasteiger partial charge on any atom is 0.258 e. The Morgan fingerprint density at radius 2 is 1.90 bits per heavy atom. The van der Waals surface area contributed by atoms with Crippen molar-refractivity contribution in [2.24, 2.45) is 0 Å². The zero-order valence-corrected chi connectivity index (χ0v) is 12.0. The van der Waals surface area contributed by atoms with Gasteiger partial charge in [0.15, 0.2) is 5.78 Å². The van der Waals surface area contributed by atoms with Gasteiger partial charge in [-0.2, -0.15) is 0 Å². The Balaban J connectivity index is 2.04. The van der Waals surface area contributed by atoms with Gasteiger partial charge < -0.3 is 4.90 Å². The van der Waals surface area contributed by atoms with E-state index in [-0.39, 0.29) is 11.7 Å². The minimum Gasteiger partial charge on any atom is -0.308 e. The highest BCUT2D eigenvalue weighted by Crippen LogP contribution is 2.27. The molecule has 106 valence electrons. The summed E-state index contributed by atoms with van der Waals surface area (Å²) >= 11 is 0. The van der Waals surface area contributed by atoms with E-state index in [0.717, 1.165) is 11.3 Å². The van der Waals surface area contributed by atoms with Crippen molar-refractivity contribution in [2.75, 3.05) is 11.4 Å². The number of aryl methyl sites for hydroxylation is 1.